The maximum absolute atomic E-state index is 13.2. The third kappa shape index (κ3) is 7.53. The zero-order valence-corrected chi connectivity index (χ0v) is 27.4. The standard InChI is InChI=1S/C34H36N8O2S2/c1-3-41-16-18-42(19-17-41)30-21-29(38-24(2)39-30)40-33-36-22-31(46-33)45-27-14-15-35-28(20-27)32(43)37-23-34(44,25-10-6-4-7-11-25)26-12-8-5-9-13-26/h4-15,20-22,44H,3,16-19,23H2,1-2H3,(H,37,43)(H,36,38,39,40). The number of hydrogen-bond acceptors (Lipinski definition) is 11. The van der Waals surface area contributed by atoms with Crippen molar-refractivity contribution in [2.45, 2.75) is 28.6 Å². The van der Waals surface area contributed by atoms with Crippen molar-refractivity contribution >= 4 is 45.8 Å². The van der Waals surface area contributed by atoms with E-state index >= 15 is 0 Å². The van der Waals surface area contributed by atoms with Crippen LogP contribution in [-0.4, -0.2) is 75.1 Å². The van der Waals surface area contributed by atoms with Crippen molar-refractivity contribution in [3.63, 3.8) is 0 Å². The molecule has 3 aromatic heterocycles. The quantitative estimate of drug-likeness (QED) is 0.173. The lowest BCUT2D eigenvalue weighted by Gasteiger charge is -2.34. The lowest BCUT2D eigenvalue weighted by Crippen LogP contribution is -2.46. The monoisotopic (exact) mass is 652 g/mol. The maximum Gasteiger partial charge on any atom is 0.270 e. The largest absolute Gasteiger partial charge is 0.379 e. The Morgan fingerprint density at radius 2 is 1.65 bits per heavy atom. The molecule has 2 aromatic carbocycles. The van der Waals surface area contributed by atoms with E-state index in [0.717, 1.165) is 52.8 Å². The Morgan fingerprint density at radius 3 is 2.33 bits per heavy atom. The van der Waals surface area contributed by atoms with Gasteiger partial charge >= 0.3 is 0 Å². The van der Waals surface area contributed by atoms with Crippen LogP contribution in [0.2, 0.25) is 0 Å². The second kappa shape index (κ2) is 14.4. The molecule has 3 N–H and O–H groups in total. The van der Waals surface area contributed by atoms with Crippen LogP contribution < -0.4 is 15.5 Å². The summed E-state index contributed by atoms with van der Waals surface area (Å²) in [7, 11) is 0. The zero-order chi connectivity index (χ0) is 31.9. The number of nitrogens with zero attached hydrogens (tertiary/aromatic N) is 6. The lowest BCUT2D eigenvalue weighted by molar-refractivity contribution is 0.0693. The predicted octanol–water partition coefficient (Wildman–Crippen LogP) is 5.34. The van der Waals surface area contributed by atoms with Crippen LogP contribution >= 0.6 is 23.1 Å². The smallest absolute Gasteiger partial charge is 0.270 e. The summed E-state index contributed by atoms with van der Waals surface area (Å²) in [4.78, 5) is 36.9. The van der Waals surface area contributed by atoms with Gasteiger partial charge < -0.3 is 25.5 Å². The molecule has 46 heavy (non-hydrogen) atoms. The Kier molecular flexibility index (Phi) is 9.88. The molecule has 1 fully saturated rings. The van der Waals surface area contributed by atoms with Crippen LogP contribution in [0, 0.1) is 6.92 Å². The maximum atomic E-state index is 13.2. The fourth-order valence-corrected chi connectivity index (χ4v) is 7.24. The number of thiazole rings is 1. The van der Waals surface area contributed by atoms with Gasteiger partial charge in [0.05, 0.1) is 17.0 Å². The molecule has 1 aliphatic rings. The van der Waals surface area contributed by atoms with Crippen LogP contribution in [0.4, 0.5) is 16.8 Å². The Bertz CT molecular complexity index is 1720. The van der Waals surface area contributed by atoms with E-state index in [1.165, 1.54) is 23.1 Å². The molecule has 0 atom stereocenters. The van der Waals surface area contributed by atoms with Gasteiger partial charge in [-0.15, -0.1) is 0 Å². The van der Waals surface area contributed by atoms with Crippen molar-refractivity contribution in [3.05, 3.63) is 114 Å². The number of aliphatic hydroxyl groups is 1. The predicted molar refractivity (Wildman–Crippen MR) is 183 cm³/mol. The summed E-state index contributed by atoms with van der Waals surface area (Å²) in [6, 6.07) is 24.3. The van der Waals surface area contributed by atoms with Crippen LogP contribution in [0.3, 0.4) is 0 Å². The van der Waals surface area contributed by atoms with Crippen LogP contribution in [-0.2, 0) is 5.60 Å². The van der Waals surface area contributed by atoms with Crippen molar-refractivity contribution in [1.29, 1.82) is 0 Å². The SMILES string of the molecule is CCN1CCN(c2cc(Nc3ncc(Sc4ccnc(C(=O)NCC(O)(c5ccccc5)c5ccccc5)c4)s3)nc(C)n2)CC1. The number of aryl methyl sites for hydroxylation is 1. The second-order valence-corrected chi connectivity index (χ2v) is 13.3. The van der Waals surface area contributed by atoms with Gasteiger partial charge in [-0.25, -0.2) is 15.0 Å². The lowest BCUT2D eigenvalue weighted by atomic mass is 9.86. The number of hydrogen-bond donors (Lipinski definition) is 3. The second-order valence-electron chi connectivity index (χ2n) is 10.9. The summed E-state index contributed by atoms with van der Waals surface area (Å²) < 4.78 is 0.948. The summed E-state index contributed by atoms with van der Waals surface area (Å²) in [5.41, 5.74) is 0.247. The van der Waals surface area contributed by atoms with Gasteiger partial charge in [-0.2, -0.15) is 0 Å². The van der Waals surface area contributed by atoms with Crippen LogP contribution in [0.15, 0.2) is 100 Å². The van der Waals surface area contributed by atoms with E-state index in [2.05, 4.69) is 47.3 Å². The Hall–Kier alpha value is -4.36. The number of likely N-dealkylation sites (N-methyl/N-ethyl adjacent to an activating group) is 1. The van der Waals surface area contributed by atoms with Gasteiger partial charge in [0.25, 0.3) is 5.91 Å². The summed E-state index contributed by atoms with van der Waals surface area (Å²) in [5, 5.41) is 18.7. The molecule has 1 saturated heterocycles. The van der Waals surface area contributed by atoms with Crippen molar-refractivity contribution in [1.82, 2.24) is 30.2 Å². The van der Waals surface area contributed by atoms with Crippen molar-refractivity contribution in [2.24, 2.45) is 0 Å². The number of carbonyl (C=O) groups excluding carboxylic acids is 1. The molecule has 236 valence electrons. The number of amides is 1. The van der Waals surface area contributed by atoms with Gasteiger partial charge in [0.15, 0.2) is 5.13 Å². The molecule has 0 radical (unpaired) electrons. The topological polar surface area (TPSA) is 119 Å². The van der Waals surface area contributed by atoms with E-state index in [4.69, 9.17) is 0 Å². The van der Waals surface area contributed by atoms with Crippen molar-refractivity contribution in [2.75, 3.05) is 49.5 Å². The molecule has 0 bridgehead atoms. The molecule has 0 aliphatic carbocycles. The average Bonchev–Trinajstić information content (AvgIpc) is 3.53. The molecular weight excluding hydrogens is 617 g/mol. The molecule has 12 heteroatoms. The van der Waals surface area contributed by atoms with Gasteiger partial charge in [-0.1, -0.05) is 90.7 Å². The molecule has 0 saturated carbocycles. The fourth-order valence-electron chi connectivity index (χ4n) is 5.36. The van der Waals surface area contributed by atoms with E-state index in [1.54, 1.807) is 18.5 Å². The highest BCUT2D eigenvalue weighted by Gasteiger charge is 2.32. The minimum Gasteiger partial charge on any atom is -0.379 e. The molecule has 10 nitrogen and oxygen atoms in total. The zero-order valence-electron chi connectivity index (χ0n) is 25.8. The van der Waals surface area contributed by atoms with Crippen LogP contribution in [0.1, 0.15) is 34.4 Å². The van der Waals surface area contributed by atoms with E-state index in [1.807, 2.05) is 79.7 Å². The van der Waals surface area contributed by atoms with E-state index < -0.39 is 5.60 Å². The molecule has 0 spiro atoms. The van der Waals surface area contributed by atoms with E-state index in [0.29, 0.717) is 22.8 Å². The highest BCUT2D eigenvalue weighted by molar-refractivity contribution is 8.01. The highest BCUT2D eigenvalue weighted by Crippen LogP contribution is 2.35. The first-order chi connectivity index (χ1) is 22.4. The summed E-state index contributed by atoms with van der Waals surface area (Å²) in [5.74, 6) is 1.97. The van der Waals surface area contributed by atoms with Gasteiger partial charge in [0, 0.05) is 43.3 Å². The average molecular weight is 653 g/mol. The number of benzene rings is 2. The highest BCUT2D eigenvalue weighted by atomic mass is 32.2. The van der Waals surface area contributed by atoms with Gasteiger partial charge in [-0.3, -0.25) is 9.78 Å². The van der Waals surface area contributed by atoms with Gasteiger partial charge in [0.1, 0.15) is 28.8 Å². The Balaban J connectivity index is 1.10. The first-order valence-electron chi connectivity index (χ1n) is 15.2. The molecule has 1 aliphatic heterocycles. The number of nitrogens with one attached hydrogen (secondary N) is 2. The summed E-state index contributed by atoms with van der Waals surface area (Å²) in [6.07, 6.45) is 3.42. The van der Waals surface area contributed by atoms with E-state index in [-0.39, 0.29) is 18.1 Å². The molecule has 0 unspecified atom stereocenters. The number of rotatable bonds is 11. The molecule has 1 amide bonds. The number of pyridine rings is 1. The Morgan fingerprint density at radius 1 is 0.957 bits per heavy atom. The summed E-state index contributed by atoms with van der Waals surface area (Å²) >= 11 is 3.00. The number of aromatic nitrogens is 4. The molecule has 4 heterocycles. The third-order valence-corrected chi connectivity index (χ3v) is 9.88. The summed E-state index contributed by atoms with van der Waals surface area (Å²) in [6.45, 7) is 9.08. The molecular formula is C34H36N8O2S2. The molecule has 6 rings (SSSR count). The van der Waals surface area contributed by atoms with Crippen molar-refractivity contribution < 1.29 is 9.90 Å². The van der Waals surface area contributed by atoms with Gasteiger partial charge in [-0.05, 0) is 36.7 Å². The number of carbonyl (C=O) groups is 1. The number of piperazine rings is 1. The van der Waals surface area contributed by atoms with Crippen LogP contribution in [0.5, 0.6) is 0 Å². The minimum absolute atomic E-state index is 0.0119. The first-order valence-corrected chi connectivity index (χ1v) is 16.8. The molecule has 5 aromatic rings. The Labute approximate surface area is 277 Å². The normalized spacial score (nSPS) is 13.8. The fraction of sp³-hybridized carbons (Fsp3) is 0.265. The van der Waals surface area contributed by atoms with Gasteiger partial charge in [0.2, 0.25) is 0 Å². The number of anilines is 3. The van der Waals surface area contributed by atoms with Crippen molar-refractivity contribution in [3.8, 4) is 0 Å². The van der Waals surface area contributed by atoms with E-state index in [9.17, 15) is 9.90 Å². The first kappa shape index (κ1) is 31.6. The third-order valence-electron chi connectivity index (χ3n) is 7.88. The minimum atomic E-state index is -1.40. The van der Waals surface area contributed by atoms with Crippen LogP contribution in [0.25, 0.3) is 0 Å².